The number of hydrogen-bond acceptors (Lipinski definition) is 2. The number of nitrogens with one attached hydrogen (secondary N) is 1. The number of nitrogens with zero attached hydrogens (tertiary/aromatic N) is 1. The van der Waals surface area contributed by atoms with Crippen molar-refractivity contribution in [3.8, 4) is 0 Å². The fraction of sp³-hybridized carbons (Fsp3) is 0.348. The molecule has 148 valence electrons. The topological polar surface area (TPSA) is 32.3 Å². The van der Waals surface area contributed by atoms with Gasteiger partial charge in [-0.3, -0.25) is 9.69 Å². The molecule has 0 aliphatic carbocycles. The van der Waals surface area contributed by atoms with Crippen molar-refractivity contribution in [2.45, 2.75) is 32.7 Å². The summed E-state index contributed by atoms with van der Waals surface area (Å²) >= 11 is 0. The highest BCUT2D eigenvalue weighted by molar-refractivity contribution is 5.88. The normalized spacial score (nSPS) is 14.8. The smallest absolute Gasteiger partial charge is 0.243 e. The molecule has 28 heavy (non-hydrogen) atoms. The van der Waals surface area contributed by atoms with E-state index in [1.165, 1.54) is 12.1 Å². The molecule has 0 spiro atoms. The summed E-state index contributed by atoms with van der Waals surface area (Å²) in [4.78, 5) is 14.4. The second-order valence-corrected chi connectivity index (χ2v) is 7.33. The molecule has 0 bridgehead atoms. The van der Waals surface area contributed by atoms with Gasteiger partial charge in [0.15, 0.2) is 0 Å². The van der Waals surface area contributed by atoms with E-state index in [-0.39, 0.29) is 17.5 Å². The van der Waals surface area contributed by atoms with Gasteiger partial charge in [-0.05, 0) is 61.1 Å². The Hall–Kier alpha value is -2.53. The zero-order valence-corrected chi connectivity index (χ0v) is 16.2. The van der Waals surface area contributed by atoms with Crippen molar-refractivity contribution >= 4 is 5.91 Å². The van der Waals surface area contributed by atoms with E-state index in [0.717, 1.165) is 49.2 Å². The first kappa shape index (κ1) is 20.2. The third-order valence-electron chi connectivity index (χ3n) is 5.10. The van der Waals surface area contributed by atoms with Crippen molar-refractivity contribution < 1.29 is 13.6 Å². The van der Waals surface area contributed by atoms with E-state index in [2.05, 4.69) is 10.2 Å². The van der Waals surface area contributed by atoms with Crippen molar-refractivity contribution in [3.05, 3.63) is 82.4 Å². The van der Waals surface area contributed by atoms with Crippen LogP contribution in [0.5, 0.6) is 0 Å². The van der Waals surface area contributed by atoms with E-state index in [4.69, 9.17) is 0 Å². The summed E-state index contributed by atoms with van der Waals surface area (Å²) in [6.07, 6.45) is 4.07. The molecule has 3 nitrogen and oxygen atoms in total. The van der Waals surface area contributed by atoms with E-state index in [1.54, 1.807) is 31.2 Å². The third-order valence-corrected chi connectivity index (χ3v) is 5.10. The first-order valence-corrected chi connectivity index (χ1v) is 9.69. The van der Waals surface area contributed by atoms with Gasteiger partial charge in [0.05, 0.1) is 0 Å². The molecule has 1 fully saturated rings. The van der Waals surface area contributed by atoms with Crippen molar-refractivity contribution in [1.82, 2.24) is 10.2 Å². The quantitative estimate of drug-likeness (QED) is 0.759. The van der Waals surface area contributed by atoms with Crippen molar-refractivity contribution in [1.29, 1.82) is 0 Å². The van der Waals surface area contributed by atoms with Gasteiger partial charge in [0, 0.05) is 32.3 Å². The summed E-state index contributed by atoms with van der Waals surface area (Å²) in [5.41, 5.74) is 3.79. The molecule has 0 saturated carbocycles. The van der Waals surface area contributed by atoms with Crippen LogP contribution in [0.15, 0.2) is 54.1 Å². The van der Waals surface area contributed by atoms with Gasteiger partial charge in [0.1, 0.15) is 11.6 Å². The van der Waals surface area contributed by atoms with Gasteiger partial charge in [0.2, 0.25) is 5.91 Å². The lowest BCUT2D eigenvalue weighted by Gasteiger charge is -2.28. The van der Waals surface area contributed by atoms with Gasteiger partial charge in [-0.2, -0.15) is 0 Å². The van der Waals surface area contributed by atoms with Crippen LogP contribution in [0.25, 0.3) is 0 Å². The summed E-state index contributed by atoms with van der Waals surface area (Å²) in [5, 5.41) is 2.89. The molecular weight excluding hydrogens is 358 g/mol. The summed E-state index contributed by atoms with van der Waals surface area (Å²) in [7, 11) is 0. The van der Waals surface area contributed by atoms with Crippen LogP contribution in [0.1, 0.15) is 29.5 Å². The second-order valence-electron chi connectivity index (χ2n) is 7.33. The number of rotatable bonds is 6. The lowest BCUT2D eigenvalue weighted by Crippen LogP contribution is -2.31. The molecule has 2 aromatic carbocycles. The molecule has 1 aliphatic heterocycles. The molecule has 3 rings (SSSR count). The zero-order chi connectivity index (χ0) is 19.9. The van der Waals surface area contributed by atoms with Crippen LogP contribution in [0.3, 0.4) is 0 Å². The van der Waals surface area contributed by atoms with E-state index < -0.39 is 0 Å². The molecule has 0 unspecified atom stereocenters. The van der Waals surface area contributed by atoms with Gasteiger partial charge in [-0.15, -0.1) is 0 Å². The molecule has 1 aliphatic rings. The number of likely N-dealkylation sites (tertiary alicyclic amines) is 1. The molecule has 0 aromatic heterocycles. The molecule has 2 aromatic rings. The maximum atomic E-state index is 13.7. The minimum Gasteiger partial charge on any atom is -0.352 e. The van der Waals surface area contributed by atoms with Crippen LogP contribution in [0.4, 0.5) is 8.78 Å². The molecular formula is C23H26F2N2O. The minimum atomic E-state index is -0.253. The van der Waals surface area contributed by atoms with Crippen LogP contribution in [-0.4, -0.2) is 30.4 Å². The Morgan fingerprint density at radius 3 is 2.43 bits per heavy atom. The number of hydrogen-bond donors (Lipinski definition) is 1. The van der Waals surface area contributed by atoms with E-state index in [9.17, 15) is 13.6 Å². The van der Waals surface area contributed by atoms with Crippen LogP contribution in [0.2, 0.25) is 0 Å². The monoisotopic (exact) mass is 384 g/mol. The predicted molar refractivity (Wildman–Crippen MR) is 107 cm³/mol. The van der Waals surface area contributed by atoms with Crippen molar-refractivity contribution in [2.75, 3.05) is 19.6 Å². The van der Waals surface area contributed by atoms with Gasteiger partial charge in [-0.1, -0.05) is 29.8 Å². The standard InChI is InChI=1S/C23H26F2N2O/c1-17-2-3-20(14-22(17)25)16-27-12-9-19(10-13-27)15-23(28)26-11-8-18-4-6-21(24)7-5-18/h2-7,14-15H,8-13,16H2,1H3,(H,26,28). The van der Waals surface area contributed by atoms with Crippen LogP contribution >= 0.6 is 0 Å². The average molecular weight is 384 g/mol. The Labute approximate surface area is 165 Å². The number of carbonyl (C=O) groups excluding carboxylic acids is 1. The van der Waals surface area contributed by atoms with Gasteiger partial charge in [0.25, 0.3) is 0 Å². The summed E-state index contributed by atoms with van der Waals surface area (Å²) in [5.74, 6) is -0.491. The Bertz CT molecular complexity index is 836. The highest BCUT2D eigenvalue weighted by Gasteiger charge is 2.15. The third kappa shape index (κ3) is 5.99. The number of carbonyl (C=O) groups is 1. The predicted octanol–water partition coefficient (Wildman–Crippen LogP) is 4.15. The van der Waals surface area contributed by atoms with Crippen LogP contribution in [0, 0.1) is 18.6 Å². The molecule has 0 atom stereocenters. The zero-order valence-electron chi connectivity index (χ0n) is 16.2. The maximum Gasteiger partial charge on any atom is 0.243 e. The largest absolute Gasteiger partial charge is 0.352 e. The van der Waals surface area contributed by atoms with Gasteiger partial charge < -0.3 is 5.32 Å². The highest BCUT2D eigenvalue weighted by Crippen LogP contribution is 2.19. The second kappa shape index (κ2) is 9.60. The van der Waals surface area contributed by atoms with Gasteiger partial charge >= 0.3 is 0 Å². The van der Waals surface area contributed by atoms with Crippen LogP contribution < -0.4 is 5.32 Å². The molecule has 5 heteroatoms. The number of halogens is 2. The summed E-state index contributed by atoms with van der Waals surface area (Å²) in [6.45, 7) is 4.75. The number of benzene rings is 2. The molecule has 1 heterocycles. The first-order valence-electron chi connectivity index (χ1n) is 9.69. The Balaban J connectivity index is 1.40. The molecule has 0 radical (unpaired) electrons. The van der Waals surface area contributed by atoms with Crippen molar-refractivity contribution in [3.63, 3.8) is 0 Å². The summed E-state index contributed by atoms with van der Waals surface area (Å²) < 4.78 is 26.6. The van der Waals surface area contributed by atoms with Crippen molar-refractivity contribution in [2.24, 2.45) is 0 Å². The minimum absolute atomic E-state index is 0.0776. The lowest BCUT2D eigenvalue weighted by molar-refractivity contribution is -0.116. The number of amides is 1. The van der Waals surface area contributed by atoms with E-state index in [1.807, 2.05) is 12.1 Å². The molecule has 1 amide bonds. The maximum absolute atomic E-state index is 13.7. The number of piperidine rings is 1. The Kier molecular flexibility index (Phi) is 6.93. The Morgan fingerprint density at radius 1 is 1.07 bits per heavy atom. The SMILES string of the molecule is Cc1ccc(CN2CCC(=CC(=O)NCCc3ccc(F)cc3)CC2)cc1F. The number of aryl methyl sites for hydroxylation is 1. The summed E-state index contributed by atoms with van der Waals surface area (Å²) in [6, 6.07) is 11.7. The molecule has 1 saturated heterocycles. The van der Waals surface area contributed by atoms with E-state index >= 15 is 0 Å². The molecule has 1 N–H and O–H groups in total. The van der Waals surface area contributed by atoms with E-state index in [0.29, 0.717) is 18.5 Å². The Morgan fingerprint density at radius 2 is 1.75 bits per heavy atom. The fourth-order valence-electron chi connectivity index (χ4n) is 3.35. The lowest BCUT2D eigenvalue weighted by atomic mass is 10.0. The van der Waals surface area contributed by atoms with Crippen LogP contribution in [-0.2, 0) is 17.8 Å². The van der Waals surface area contributed by atoms with Gasteiger partial charge in [-0.25, -0.2) is 8.78 Å². The highest BCUT2D eigenvalue weighted by atomic mass is 19.1. The fourth-order valence-corrected chi connectivity index (χ4v) is 3.35. The average Bonchev–Trinajstić information content (AvgIpc) is 2.68. The first-order chi connectivity index (χ1) is 13.5.